The van der Waals surface area contributed by atoms with Crippen LogP contribution in [0, 0.1) is 0 Å². The highest BCUT2D eigenvalue weighted by Gasteiger charge is 2.51. The first-order chi connectivity index (χ1) is 16.0. The predicted molar refractivity (Wildman–Crippen MR) is 109 cm³/mol. The zero-order chi connectivity index (χ0) is 25.2. The minimum absolute atomic E-state index is 0.118. The number of aliphatic hydroxyl groups excluding tert-OH is 6. The molecule has 2 saturated heterocycles. The molecule has 8 N–H and O–H groups in total. The van der Waals surface area contributed by atoms with E-state index in [1.807, 2.05) is 0 Å². The quantitative estimate of drug-likeness (QED) is 0.144. The molecule has 192 valence electrons. The molecular formula is C21H30O13. The fourth-order valence-corrected chi connectivity index (χ4v) is 3.82. The van der Waals surface area contributed by atoms with Crippen LogP contribution in [-0.4, -0.2) is 115 Å². The number of aliphatic hydroxyl groups is 6. The summed E-state index contributed by atoms with van der Waals surface area (Å²) in [6.07, 6.45) is -15.3. The van der Waals surface area contributed by atoms with Crippen molar-refractivity contribution in [1.29, 1.82) is 0 Å². The lowest BCUT2D eigenvalue weighted by Gasteiger charge is -2.45. The van der Waals surface area contributed by atoms with Crippen molar-refractivity contribution >= 4 is 5.97 Å². The van der Waals surface area contributed by atoms with Gasteiger partial charge in [0, 0.05) is 6.42 Å². The number of esters is 1. The van der Waals surface area contributed by atoms with Crippen LogP contribution in [0.4, 0.5) is 0 Å². The third-order valence-electron chi connectivity index (χ3n) is 5.84. The van der Waals surface area contributed by atoms with Crippen LogP contribution in [0.25, 0.3) is 0 Å². The Labute approximate surface area is 194 Å². The molecule has 3 rings (SSSR count). The summed E-state index contributed by atoms with van der Waals surface area (Å²) in [6.45, 7) is 0.694. The van der Waals surface area contributed by atoms with Crippen LogP contribution in [-0.2, 0) is 30.2 Å². The summed E-state index contributed by atoms with van der Waals surface area (Å²) in [5, 5.41) is 79.1. The van der Waals surface area contributed by atoms with E-state index in [1.165, 1.54) is 25.1 Å². The van der Waals surface area contributed by atoms with E-state index in [9.17, 15) is 45.6 Å². The van der Waals surface area contributed by atoms with Crippen molar-refractivity contribution in [2.75, 3.05) is 6.61 Å². The maximum atomic E-state index is 12.5. The van der Waals surface area contributed by atoms with Crippen LogP contribution < -0.4 is 0 Å². The summed E-state index contributed by atoms with van der Waals surface area (Å²) in [4.78, 5) is 12.5. The summed E-state index contributed by atoms with van der Waals surface area (Å²) >= 11 is 0. The maximum absolute atomic E-state index is 12.5. The zero-order valence-corrected chi connectivity index (χ0v) is 18.2. The highest BCUT2D eigenvalue weighted by atomic mass is 16.7. The van der Waals surface area contributed by atoms with Crippen LogP contribution in [0.2, 0.25) is 0 Å². The average molecular weight is 490 g/mol. The number of rotatable bonds is 7. The topological polar surface area (TPSA) is 216 Å². The number of hydrogen-bond donors (Lipinski definition) is 8. The number of aromatic hydroxyl groups is 2. The number of carbonyl (C=O) groups is 1. The van der Waals surface area contributed by atoms with Crippen LogP contribution in [0.1, 0.15) is 18.9 Å². The van der Waals surface area contributed by atoms with Gasteiger partial charge < -0.3 is 59.8 Å². The van der Waals surface area contributed by atoms with Gasteiger partial charge in [-0.05, 0) is 31.0 Å². The van der Waals surface area contributed by atoms with Crippen LogP contribution in [0.15, 0.2) is 18.2 Å². The molecule has 13 heteroatoms. The fourth-order valence-electron chi connectivity index (χ4n) is 3.82. The molecule has 0 spiro atoms. The lowest BCUT2D eigenvalue weighted by molar-refractivity contribution is -0.353. The Kier molecular flexibility index (Phi) is 8.67. The van der Waals surface area contributed by atoms with Gasteiger partial charge in [0.1, 0.15) is 36.6 Å². The van der Waals surface area contributed by atoms with Gasteiger partial charge in [-0.3, -0.25) is 4.79 Å². The molecule has 13 nitrogen and oxygen atoms in total. The van der Waals surface area contributed by atoms with Crippen molar-refractivity contribution in [2.45, 2.75) is 81.2 Å². The lowest BCUT2D eigenvalue weighted by Crippen LogP contribution is -2.64. The van der Waals surface area contributed by atoms with Crippen molar-refractivity contribution in [3.05, 3.63) is 23.8 Å². The fraction of sp³-hybridized carbons (Fsp3) is 0.667. The Hall–Kier alpha value is -2.07. The van der Waals surface area contributed by atoms with E-state index in [4.69, 9.17) is 18.9 Å². The molecule has 10 atom stereocenters. The maximum Gasteiger partial charge on any atom is 0.306 e. The van der Waals surface area contributed by atoms with Gasteiger partial charge in [0.2, 0.25) is 0 Å². The van der Waals surface area contributed by atoms with Gasteiger partial charge in [-0.2, -0.15) is 0 Å². The van der Waals surface area contributed by atoms with Gasteiger partial charge in [-0.15, -0.1) is 0 Å². The summed E-state index contributed by atoms with van der Waals surface area (Å²) in [5.74, 6) is -1.47. The van der Waals surface area contributed by atoms with Crippen LogP contribution in [0.5, 0.6) is 11.5 Å². The zero-order valence-electron chi connectivity index (χ0n) is 18.2. The molecule has 2 fully saturated rings. The van der Waals surface area contributed by atoms with Gasteiger partial charge in [0.05, 0.1) is 12.7 Å². The third kappa shape index (κ3) is 5.76. The largest absolute Gasteiger partial charge is 0.504 e. The number of phenols is 2. The van der Waals surface area contributed by atoms with Crippen LogP contribution >= 0.6 is 0 Å². The summed E-state index contributed by atoms with van der Waals surface area (Å²) < 4.78 is 21.4. The molecule has 0 bridgehead atoms. The van der Waals surface area contributed by atoms with E-state index >= 15 is 0 Å². The van der Waals surface area contributed by atoms with E-state index in [-0.39, 0.29) is 24.3 Å². The molecule has 2 aliphatic heterocycles. The second-order valence-corrected chi connectivity index (χ2v) is 8.30. The SMILES string of the molecule is C[C@H]1O[C@@H](O[C@H]2[C@@H](O)[C@H](O)O[C@H](CO)[C@H]2OC(=O)CCc2ccc(O)c(O)c2)[C@H](O)[C@H](O)[C@H]1O. The van der Waals surface area contributed by atoms with E-state index < -0.39 is 74.0 Å². The minimum atomic E-state index is -1.83. The smallest absolute Gasteiger partial charge is 0.306 e. The van der Waals surface area contributed by atoms with Gasteiger partial charge in [0.25, 0.3) is 0 Å². The number of hydrogen-bond acceptors (Lipinski definition) is 13. The molecule has 2 heterocycles. The van der Waals surface area contributed by atoms with E-state index in [0.29, 0.717) is 5.56 Å². The molecular weight excluding hydrogens is 460 g/mol. The summed E-state index contributed by atoms with van der Waals surface area (Å²) in [6, 6.07) is 4.03. The van der Waals surface area contributed by atoms with Crippen LogP contribution in [0.3, 0.4) is 0 Å². The van der Waals surface area contributed by atoms with Crippen molar-refractivity contribution < 1.29 is 64.6 Å². The normalized spacial score (nSPS) is 38.4. The first kappa shape index (κ1) is 26.5. The Morgan fingerprint density at radius 2 is 1.65 bits per heavy atom. The second-order valence-electron chi connectivity index (χ2n) is 8.30. The minimum Gasteiger partial charge on any atom is -0.504 e. The molecule has 0 amide bonds. The molecule has 34 heavy (non-hydrogen) atoms. The molecule has 0 saturated carbocycles. The van der Waals surface area contributed by atoms with E-state index in [1.54, 1.807) is 0 Å². The number of ether oxygens (including phenoxy) is 4. The monoisotopic (exact) mass is 490 g/mol. The number of aryl methyl sites for hydroxylation is 1. The highest BCUT2D eigenvalue weighted by Crippen LogP contribution is 2.30. The lowest BCUT2D eigenvalue weighted by atomic mass is 9.97. The van der Waals surface area contributed by atoms with Gasteiger partial charge in [0.15, 0.2) is 30.2 Å². The molecule has 1 aromatic rings. The second kappa shape index (κ2) is 11.1. The summed E-state index contributed by atoms with van der Waals surface area (Å²) in [5.41, 5.74) is 0.523. The number of carbonyl (C=O) groups excluding carboxylic acids is 1. The van der Waals surface area contributed by atoms with Gasteiger partial charge >= 0.3 is 5.97 Å². The Morgan fingerprint density at radius 1 is 0.941 bits per heavy atom. The Morgan fingerprint density at radius 3 is 2.29 bits per heavy atom. The Bertz CT molecular complexity index is 835. The molecule has 2 aliphatic rings. The first-order valence-corrected chi connectivity index (χ1v) is 10.7. The van der Waals surface area contributed by atoms with Crippen molar-refractivity contribution in [1.82, 2.24) is 0 Å². The van der Waals surface area contributed by atoms with Crippen molar-refractivity contribution in [2.24, 2.45) is 0 Å². The molecule has 0 radical (unpaired) electrons. The predicted octanol–water partition coefficient (Wildman–Crippen LogP) is -2.77. The first-order valence-electron chi connectivity index (χ1n) is 10.7. The van der Waals surface area contributed by atoms with Crippen molar-refractivity contribution in [3.63, 3.8) is 0 Å². The highest BCUT2D eigenvalue weighted by molar-refractivity contribution is 5.70. The van der Waals surface area contributed by atoms with Crippen molar-refractivity contribution in [3.8, 4) is 11.5 Å². The molecule has 0 aromatic heterocycles. The van der Waals surface area contributed by atoms with Gasteiger partial charge in [-0.25, -0.2) is 0 Å². The molecule has 0 aliphatic carbocycles. The Balaban J connectivity index is 1.72. The molecule has 0 unspecified atom stereocenters. The standard InChI is InChI=1S/C21H30O13/c1-8-14(26)15(27)16(28)21(31-8)34-19-17(29)20(30)32-12(7-22)18(19)33-13(25)5-3-9-2-4-10(23)11(24)6-9/h2,4,6,8,12,14-24,26-30H,3,5,7H2,1H3/t8-,12-,14+,15-,16-,17-,18-,19+,20-,21+/m1/s1. The third-order valence-corrected chi connectivity index (χ3v) is 5.84. The van der Waals surface area contributed by atoms with E-state index in [2.05, 4.69) is 0 Å². The van der Waals surface area contributed by atoms with E-state index in [0.717, 1.165) is 0 Å². The number of benzene rings is 1. The molecule has 1 aromatic carbocycles. The van der Waals surface area contributed by atoms with Gasteiger partial charge in [-0.1, -0.05) is 6.07 Å². The summed E-state index contributed by atoms with van der Waals surface area (Å²) in [7, 11) is 0. The number of phenolic OH excluding ortho intramolecular Hbond substituents is 2. The average Bonchev–Trinajstić information content (AvgIpc) is 2.81.